The summed E-state index contributed by atoms with van der Waals surface area (Å²) in [5, 5.41) is 0. The van der Waals surface area contributed by atoms with Crippen LogP contribution in [-0.4, -0.2) is 17.5 Å². The number of rotatable bonds is 6. The number of hydrogen-bond donors (Lipinski definition) is 0. The van der Waals surface area contributed by atoms with E-state index in [-0.39, 0.29) is 0 Å². The molecule has 0 fully saturated rings. The first-order chi connectivity index (χ1) is 5.67. The Bertz CT molecular complexity index is 129. The van der Waals surface area contributed by atoms with Crippen molar-refractivity contribution < 1.29 is 0 Å². The van der Waals surface area contributed by atoms with E-state index >= 15 is 0 Å². The molecule has 0 aromatic carbocycles. The summed E-state index contributed by atoms with van der Waals surface area (Å²) in [6.45, 7) is 14.1. The minimum atomic E-state index is 0.650. The van der Waals surface area contributed by atoms with Crippen molar-refractivity contribution in [3.05, 3.63) is 12.3 Å². The van der Waals surface area contributed by atoms with Gasteiger partial charge in [-0.25, -0.2) is 0 Å². The molecule has 0 aliphatic rings. The fourth-order valence-electron chi connectivity index (χ4n) is 1.35. The summed E-state index contributed by atoms with van der Waals surface area (Å²) in [7, 11) is 0. The lowest BCUT2D eigenvalue weighted by molar-refractivity contribution is 0.256. The summed E-state index contributed by atoms with van der Waals surface area (Å²) in [4.78, 5) is 2.43. The third-order valence-corrected chi connectivity index (χ3v) is 2.40. The molecule has 0 N–H and O–H groups in total. The number of nitrogens with zero attached hydrogens (tertiary/aromatic N) is 1. The van der Waals surface area contributed by atoms with E-state index in [0.29, 0.717) is 6.04 Å². The normalized spacial score (nSPS) is 12.7. The average molecular weight is 169 g/mol. The fourth-order valence-corrected chi connectivity index (χ4v) is 1.35. The van der Waals surface area contributed by atoms with Crippen LogP contribution in [0.25, 0.3) is 0 Å². The average Bonchev–Trinajstić information content (AvgIpc) is 2.11. The monoisotopic (exact) mass is 169 g/mol. The van der Waals surface area contributed by atoms with Gasteiger partial charge in [-0.15, -0.1) is 0 Å². The van der Waals surface area contributed by atoms with Crippen LogP contribution in [0.4, 0.5) is 0 Å². The van der Waals surface area contributed by atoms with Gasteiger partial charge in [0.1, 0.15) is 0 Å². The Labute approximate surface area is 77.5 Å². The lowest BCUT2D eigenvalue weighted by Gasteiger charge is -2.31. The molecule has 0 aliphatic carbocycles. The van der Waals surface area contributed by atoms with Crippen LogP contribution >= 0.6 is 0 Å². The molecule has 0 bridgehead atoms. The molecule has 0 rings (SSSR count). The van der Waals surface area contributed by atoms with Crippen LogP contribution in [0.5, 0.6) is 0 Å². The van der Waals surface area contributed by atoms with Gasteiger partial charge in [0.2, 0.25) is 0 Å². The van der Waals surface area contributed by atoms with Crippen LogP contribution in [0.2, 0.25) is 0 Å². The van der Waals surface area contributed by atoms with Gasteiger partial charge in [-0.1, -0.05) is 27.4 Å². The molecule has 0 spiro atoms. The van der Waals surface area contributed by atoms with E-state index in [9.17, 15) is 0 Å². The molecule has 0 radical (unpaired) electrons. The zero-order valence-corrected chi connectivity index (χ0v) is 9.06. The predicted octanol–water partition coefficient (Wildman–Crippen LogP) is 3.42. The van der Waals surface area contributed by atoms with E-state index in [1.165, 1.54) is 18.5 Å². The minimum absolute atomic E-state index is 0.650. The van der Waals surface area contributed by atoms with Crippen LogP contribution in [-0.2, 0) is 0 Å². The number of allylic oxidation sites excluding steroid dienone is 1. The Balaban J connectivity index is 4.11. The zero-order chi connectivity index (χ0) is 9.56. The molecule has 0 amide bonds. The maximum absolute atomic E-state index is 4.09. The largest absolute Gasteiger partial charge is 0.373 e. The summed E-state index contributed by atoms with van der Waals surface area (Å²) < 4.78 is 0. The molecule has 12 heavy (non-hydrogen) atoms. The zero-order valence-electron chi connectivity index (χ0n) is 9.06. The Morgan fingerprint density at radius 2 is 1.92 bits per heavy atom. The van der Waals surface area contributed by atoms with Gasteiger partial charge in [0.05, 0.1) is 0 Å². The van der Waals surface area contributed by atoms with Crippen molar-refractivity contribution in [2.45, 2.75) is 53.0 Å². The second-order valence-electron chi connectivity index (χ2n) is 3.37. The topological polar surface area (TPSA) is 3.24 Å². The smallest absolute Gasteiger partial charge is 0.0255 e. The van der Waals surface area contributed by atoms with Crippen LogP contribution in [0.15, 0.2) is 12.3 Å². The highest BCUT2D eigenvalue weighted by Gasteiger charge is 2.10. The van der Waals surface area contributed by atoms with Gasteiger partial charge in [-0.2, -0.15) is 0 Å². The predicted molar refractivity (Wildman–Crippen MR) is 56.2 cm³/mol. The first kappa shape index (κ1) is 11.5. The van der Waals surface area contributed by atoms with Crippen molar-refractivity contribution in [1.82, 2.24) is 4.90 Å². The summed E-state index contributed by atoms with van der Waals surface area (Å²) in [6, 6.07) is 0.650. The van der Waals surface area contributed by atoms with Crippen LogP contribution < -0.4 is 0 Å². The van der Waals surface area contributed by atoms with E-state index in [4.69, 9.17) is 0 Å². The Hall–Kier alpha value is -0.460. The summed E-state index contributed by atoms with van der Waals surface area (Å²) in [5.41, 5.74) is 1.28. The first-order valence-electron chi connectivity index (χ1n) is 5.11. The SMILES string of the molecule is C=C(CC)N(CCC)C(C)CC. The Morgan fingerprint density at radius 1 is 1.33 bits per heavy atom. The van der Waals surface area contributed by atoms with E-state index < -0.39 is 0 Å². The van der Waals surface area contributed by atoms with Crippen molar-refractivity contribution in [2.75, 3.05) is 6.54 Å². The van der Waals surface area contributed by atoms with Crippen molar-refractivity contribution in [3.63, 3.8) is 0 Å². The first-order valence-corrected chi connectivity index (χ1v) is 5.11. The standard InChI is InChI=1S/C11H23N/c1-6-9-12(10(4)7-2)11(5)8-3/h11H,4,6-9H2,1-3,5H3. The molecular weight excluding hydrogens is 146 g/mol. The third kappa shape index (κ3) is 3.29. The number of hydrogen-bond acceptors (Lipinski definition) is 1. The van der Waals surface area contributed by atoms with Crippen molar-refractivity contribution in [3.8, 4) is 0 Å². The summed E-state index contributed by atoms with van der Waals surface area (Å²) >= 11 is 0. The van der Waals surface area contributed by atoms with Gasteiger partial charge in [-0.05, 0) is 26.2 Å². The van der Waals surface area contributed by atoms with Gasteiger partial charge in [0.15, 0.2) is 0 Å². The van der Waals surface area contributed by atoms with Gasteiger partial charge in [0, 0.05) is 18.3 Å². The molecule has 72 valence electrons. The van der Waals surface area contributed by atoms with Crippen molar-refractivity contribution in [1.29, 1.82) is 0 Å². The van der Waals surface area contributed by atoms with E-state index in [2.05, 4.69) is 39.2 Å². The molecule has 1 nitrogen and oxygen atoms in total. The molecule has 1 unspecified atom stereocenters. The Morgan fingerprint density at radius 3 is 2.25 bits per heavy atom. The van der Waals surface area contributed by atoms with Gasteiger partial charge in [0.25, 0.3) is 0 Å². The Kier molecular flexibility index (Phi) is 5.87. The molecule has 0 saturated carbocycles. The molecule has 0 saturated heterocycles. The minimum Gasteiger partial charge on any atom is -0.373 e. The van der Waals surface area contributed by atoms with Gasteiger partial charge in [-0.3, -0.25) is 0 Å². The second-order valence-corrected chi connectivity index (χ2v) is 3.37. The molecule has 0 aromatic rings. The molecule has 1 heteroatoms. The van der Waals surface area contributed by atoms with Crippen molar-refractivity contribution >= 4 is 0 Å². The van der Waals surface area contributed by atoms with Crippen molar-refractivity contribution in [2.24, 2.45) is 0 Å². The van der Waals surface area contributed by atoms with E-state index in [1.54, 1.807) is 0 Å². The summed E-state index contributed by atoms with van der Waals surface area (Å²) in [6.07, 6.45) is 3.49. The van der Waals surface area contributed by atoms with Crippen LogP contribution in [0.3, 0.4) is 0 Å². The highest BCUT2D eigenvalue weighted by atomic mass is 15.2. The van der Waals surface area contributed by atoms with E-state index in [1.807, 2.05) is 0 Å². The van der Waals surface area contributed by atoms with Crippen LogP contribution in [0, 0.1) is 0 Å². The fraction of sp³-hybridized carbons (Fsp3) is 0.818. The van der Waals surface area contributed by atoms with Gasteiger partial charge >= 0.3 is 0 Å². The molecule has 0 heterocycles. The second kappa shape index (κ2) is 6.10. The molecular formula is C11H23N. The lowest BCUT2D eigenvalue weighted by atomic mass is 10.2. The maximum atomic E-state index is 4.09. The molecule has 1 atom stereocenters. The molecule has 0 aromatic heterocycles. The highest BCUT2D eigenvalue weighted by molar-refractivity contribution is 4.94. The highest BCUT2D eigenvalue weighted by Crippen LogP contribution is 2.13. The molecule has 0 aliphatic heterocycles. The van der Waals surface area contributed by atoms with Gasteiger partial charge < -0.3 is 4.90 Å². The van der Waals surface area contributed by atoms with E-state index in [0.717, 1.165) is 13.0 Å². The maximum Gasteiger partial charge on any atom is 0.0255 e. The summed E-state index contributed by atoms with van der Waals surface area (Å²) in [5.74, 6) is 0. The van der Waals surface area contributed by atoms with Crippen LogP contribution in [0.1, 0.15) is 47.0 Å². The lowest BCUT2D eigenvalue weighted by Crippen LogP contribution is -2.31. The third-order valence-electron chi connectivity index (χ3n) is 2.40. The quantitative estimate of drug-likeness (QED) is 0.589.